The van der Waals surface area contributed by atoms with Crippen LogP contribution in [0.25, 0.3) is 0 Å². The molecule has 0 atom stereocenters. The van der Waals surface area contributed by atoms with Crippen molar-refractivity contribution < 1.29 is 0 Å². The summed E-state index contributed by atoms with van der Waals surface area (Å²) >= 11 is 2.02. The van der Waals surface area contributed by atoms with E-state index in [2.05, 4.69) is 134 Å². The molecular formula is C29H26SSi. The van der Waals surface area contributed by atoms with Gasteiger partial charge >= 0.3 is 0 Å². The molecule has 152 valence electrons. The lowest BCUT2D eigenvalue weighted by molar-refractivity contribution is 0.983. The Labute approximate surface area is 191 Å². The van der Waals surface area contributed by atoms with Crippen LogP contribution in [0.15, 0.2) is 120 Å². The van der Waals surface area contributed by atoms with Gasteiger partial charge in [-0.15, -0.1) is 11.2 Å². The second-order valence-corrected chi connectivity index (χ2v) is 13.6. The Morgan fingerprint density at radius 1 is 0.613 bits per heavy atom. The minimum Gasteiger partial charge on any atom is -0.133 e. The molecule has 0 spiro atoms. The number of rotatable bonds is 6. The number of benzene rings is 4. The van der Waals surface area contributed by atoms with E-state index in [1.54, 1.807) is 0 Å². The highest BCUT2D eigenvalue weighted by atomic mass is 32.4. The summed E-state index contributed by atoms with van der Waals surface area (Å²) in [6.07, 6.45) is 2.01. The number of hydrogen-bond donors (Lipinski definition) is 0. The van der Waals surface area contributed by atoms with Gasteiger partial charge in [-0.05, 0) is 34.1 Å². The van der Waals surface area contributed by atoms with Gasteiger partial charge in [-0.25, -0.2) is 0 Å². The second-order valence-electron chi connectivity index (χ2n) is 7.43. The Kier molecular flexibility index (Phi) is 7.09. The van der Waals surface area contributed by atoms with E-state index >= 15 is 0 Å². The third-order valence-corrected chi connectivity index (χ3v) is 13.3. The number of hydrogen-bond acceptors (Lipinski definition) is 1. The molecule has 0 fully saturated rings. The van der Waals surface area contributed by atoms with Gasteiger partial charge in [0.1, 0.15) is 0 Å². The summed E-state index contributed by atoms with van der Waals surface area (Å²) in [7, 11) is -2.39. The zero-order chi connectivity index (χ0) is 21.4. The molecular weight excluding hydrogens is 408 g/mol. The van der Waals surface area contributed by atoms with Crippen molar-refractivity contribution in [1.29, 1.82) is 0 Å². The fraction of sp³-hybridized carbons (Fsp3) is 0.103. The van der Waals surface area contributed by atoms with Crippen LogP contribution in [0.1, 0.15) is 25.3 Å². The Morgan fingerprint density at radius 2 is 1.06 bits per heavy atom. The lowest BCUT2D eigenvalue weighted by Crippen LogP contribution is -2.64. The van der Waals surface area contributed by atoms with Crippen LogP contribution in [0, 0.1) is 11.8 Å². The maximum absolute atomic E-state index is 3.44. The Balaban J connectivity index is 1.96. The first kappa shape index (κ1) is 21.2. The molecule has 0 N–H and O–H groups in total. The van der Waals surface area contributed by atoms with Crippen molar-refractivity contribution in [2.45, 2.75) is 24.7 Å². The second kappa shape index (κ2) is 10.4. The van der Waals surface area contributed by atoms with Crippen molar-refractivity contribution in [2.75, 3.05) is 0 Å². The summed E-state index contributed by atoms with van der Waals surface area (Å²) in [5.41, 5.74) is 1.13. The van der Waals surface area contributed by atoms with E-state index in [-0.39, 0.29) is 0 Å². The molecule has 0 aliphatic heterocycles. The molecule has 0 nitrogen and oxygen atoms in total. The molecule has 0 aliphatic carbocycles. The van der Waals surface area contributed by atoms with Crippen LogP contribution in [0.5, 0.6) is 0 Å². The monoisotopic (exact) mass is 434 g/mol. The van der Waals surface area contributed by atoms with Crippen molar-refractivity contribution in [3.63, 3.8) is 0 Å². The number of unbranched alkanes of at least 4 members (excludes halogenated alkanes) is 1. The van der Waals surface area contributed by atoms with Gasteiger partial charge in [0.25, 0.3) is 0 Å². The fourth-order valence-corrected chi connectivity index (χ4v) is 11.7. The van der Waals surface area contributed by atoms with Crippen LogP contribution in [0.4, 0.5) is 0 Å². The molecule has 0 aromatic heterocycles. The molecule has 0 saturated carbocycles. The summed E-state index contributed by atoms with van der Waals surface area (Å²) in [4.78, 5) is 1.26. The van der Waals surface area contributed by atoms with E-state index in [1.165, 1.54) is 20.5 Å². The standard InChI is InChI=1S/C29H26SSi/c1-2-3-7-16-25-17-14-15-24-29(25)30-31(26-18-8-4-9-19-26,27-20-10-5-11-21-27)28-22-12-6-13-23-28/h4-6,8-15,17-24H,2-3H2,1H3. The van der Waals surface area contributed by atoms with Gasteiger partial charge in [0.05, 0.1) is 0 Å². The van der Waals surface area contributed by atoms with E-state index in [0.29, 0.717) is 0 Å². The van der Waals surface area contributed by atoms with Crippen molar-refractivity contribution in [2.24, 2.45) is 0 Å². The summed E-state index contributed by atoms with van der Waals surface area (Å²) in [6, 6.07) is 41.7. The Hall–Kier alpha value is -2.99. The average Bonchev–Trinajstić information content (AvgIpc) is 2.85. The quantitative estimate of drug-likeness (QED) is 0.216. The van der Waals surface area contributed by atoms with Crippen molar-refractivity contribution in [3.05, 3.63) is 121 Å². The maximum Gasteiger partial charge on any atom is 0.215 e. The Morgan fingerprint density at radius 3 is 1.55 bits per heavy atom. The third kappa shape index (κ3) is 4.69. The van der Waals surface area contributed by atoms with Crippen LogP contribution in [-0.4, -0.2) is 7.22 Å². The average molecular weight is 435 g/mol. The zero-order valence-electron chi connectivity index (χ0n) is 17.8. The Bertz CT molecular complexity index is 1060. The zero-order valence-corrected chi connectivity index (χ0v) is 19.6. The lowest BCUT2D eigenvalue weighted by Gasteiger charge is -2.33. The molecule has 0 amide bonds. The lowest BCUT2D eigenvalue weighted by atomic mass is 10.2. The molecule has 0 bridgehead atoms. The maximum atomic E-state index is 3.44. The van der Waals surface area contributed by atoms with Crippen LogP contribution >= 0.6 is 11.2 Å². The van der Waals surface area contributed by atoms with Gasteiger partial charge in [0.15, 0.2) is 0 Å². The van der Waals surface area contributed by atoms with Gasteiger partial charge in [-0.3, -0.25) is 0 Å². The van der Waals surface area contributed by atoms with Gasteiger partial charge in [-0.2, -0.15) is 0 Å². The SMILES string of the molecule is CCCC#Cc1ccccc1S[Si](c1ccccc1)(c1ccccc1)c1ccccc1. The van der Waals surface area contributed by atoms with Crippen LogP contribution < -0.4 is 15.6 Å². The fourth-order valence-electron chi connectivity index (χ4n) is 3.80. The van der Waals surface area contributed by atoms with E-state index < -0.39 is 7.22 Å². The van der Waals surface area contributed by atoms with Crippen LogP contribution in [0.2, 0.25) is 0 Å². The molecule has 0 saturated heterocycles. The van der Waals surface area contributed by atoms with Crippen molar-refractivity contribution >= 4 is 34.0 Å². The van der Waals surface area contributed by atoms with Crippen molar-refractivity contribution in [3.8, 4) is 11.8 Å². The third-order valence-electron chi connectivity index (χ3n) is 5.29. The van der Waals surface area contributed by atoms with E-state index in [0.717, 1.165) is 18.4 Å². The van der Waals surface area contributed by atoms with Gasteiger partial charge in [0, 0.05) is 16.9 Å². The highest BCUT2D eigenvalue weighted by Gasteiger charge is 2.41. The van der Waals surface area contributed by atoms with E-state index in [1.807, 2.05) is 11.2 Å². The van der Waals surface area contributed by atoms with Gasteiger partial charge in [0.2, 0.25) is 7.22 Å². The van der Waals surface area contributed by atoms with E-state index in [4.69, 9.17) is 0 Å². The normalized spacial score (nSPS) is 10.9. The van der Waals surface area contributed by atoms with Crippen molar-refractivity contribution in [1.82, 2.24) is 0 Å². The topological polar surface area (TPSA) is 0 Å². The highest BCUT2D eigenvalue weighted by Crippen LogP contribution is 2.32. The molecule has 4 rings (SSSR count). The highest BCUT2D eigenvalue weighted by molar-refractivity contribution is 8.33. The molecule has 2 heteroatoms. The first-order chi connectivity index (χ1) is 15.3. The largest absolute Gasteiger partial charge is 0.215 e. The van der Waals surface area contributed by atoms with Crippen LogP contribution in [0.3, 0.4) is 0 Å². The minimum atomic E-state index is -2.39. The molecule has 4 aromatic rings. The molecule has 0 aliphatic rings. The molecule has 4 aromatic carbocycles. The smallest absolute Gasteiger partial charge is 0.133 e. The molecule has 0 unspecified atom stereocenters. The molecule has 0 radical (unpaired) electrons. The molecule has 0 heterocycles. The van der Waals surface area contributed by atoms with Gasteiger partial charge in [-0.1, -0.05) is 122 Å². The molecule has 31 heavy (non-hydrogen) atoms. The van der Waals surface area contributed by atoms with E-state index in [9.17, 15) is 0 Å². The van der Waals surface area contributed by atoms with Crippen LogP contribution in [-0.2, 0) is 0 Å². The predicted octanol–water partition coefficient (Wildman–Crippen LogP) is 5.60. The predicted molar refractivity (Wildman–Crippen MR) is 138 cm³/mol. The summed E-state index contributed by atoms with van der Waals surface area (Å²) in [6.45, 7) is 2.17. The summed E-state index contributed by atoms with van der Waals surface area (Å²) < 4.78 is 0. The summed E-state index contributed by atoms with van der Waals surface area (Å²) in [5.74, 6) is 6.79. The summed E-state index contributed by atoms with van der Waals surface area (Å²) in [5, 5.41) is 4.19. The van der Waals surface area contributed by atoms with Gasteiger partial charge < -0.3 is 0 Å². The minimum absolute atomic E-state index is 0.928. The first-order valence-corrected chi connectivity index (χ1v) is 14.3. The first-order valence-electron chi connectivity index (χ1n) is 10.8.